The molecule has 0 atom stereocenters. The summed E-state index contributed by atoms with van der Waals surface area (Å²) in [4.78, 5) is 5.54. The molecule has 0 aliphatic rings. The highest BCUT2D eigenvalue weighted by molar-refractivity contribution is 7.11. The molecule has 0 fully saturated rings. The lowest BCUT2D eigenvalue weighted by molar-refractivity contribution is -0.138. The molecule has 0 aliphatic heterocycles. The minimum Gasteiger partial charge on any atom is -0.398 e. The van der Waals surface area contributed by atoms with Crippen molar-refractivity contribution in [2.24, 2.45) is 4.99 Å². The van der Waals surface area contributed by atoms with Crippen molar-refractivity contribution in [3.8, 4) is 0 Å². The number of thiophene rings is 1. The SMILES string of the molecule is C=C(/C=C(\C)c1cccs1)NC(=NCc1ccccc1C(F)(F)F)c1ccccc1N. The van der Waals surface area contributed by atoms with E-state index in [4.69, 9.17) is 5.73 Å². The maximum absolute atomic E-state index is 13.3. The molecule has 0 radical (unpaired) electrons. The van der Waals surface area contributed by atoms with Crippen molar-refractivity contribution in [3.63, 3.8) is 0 Å². The van der Waals surface area contributed by atoms with Crippen LogP contribution >= 0.6 is 11.3 Å². The molecule has 160 valence electrons. The van der Waals surface area contributed by atoms with Gasteiger partial charge in [0, 0.05) is 21.8 Å². The van der Waals surface area contributed by atoms with Crippen molar-refractivity contribution in [3.05, 3.63) is 106 Å². The highest BCUT2D eigenvalue weighted by atomic mass is 32.1. The standard InChI is InChI=1S/C24H22F3N3S/c1-16(22-12-7-13-31-22)14-17(2)30-23(19-9-4-6-11-21(19)28)29-15-18-8-3-5-10-20(18)24(25,26)27/h3-14H,2,15,28H2,1H3,(H,29,30)/b16-14+. The van der Waals surface area contributed by atoms with Crippen LogP contribution in [0.5, 0.6) is 0 Å². The number of allylic oxidation sites excluding steroid dienone is 2. The number of anilines is 1. The second-order valence-corrected chi connectivity index (χ2v) is 7.81. The molecular weight excluding hydrogens is 419 g/mol. The van der Waals surface area contributed by atoms with E-state index in [2.05, 4.69) is 16.9 Å². The van der Waals surface area contributed by atoms with Gasteiger partial charge in [0.25, 0.3) is 0 Å². The van der Waals surface area contributed by atoms with Crippen LogP contribution in [0.25, 0.3) is 5.57 Å². The maximum atomic E-state index is 13.3. The summed E-state index contributed by atoms with van der Waals surface area (Å²) in [6.07, 6.45) is -2.58. The molecule has 2 aromatic carbocycles. The van der Waals surface area contributed by atoms with E-state index < -0.39 is 11.7 Å². The van der Waals surface area contributed by atoms with Crippen LogP contribution in [0.3, 0.4) is 0 Å². The monoisotopic (exact) mass is 441 g/mol. The summed E-state index contributed by atoms with van der Waals surface area (Å²) in [6, 6.07) is 16.4. The molecule has 0 bridgehead atoms. The zero-order chi connectivity index (χ0) is 22.4. The van der Waals surface area contributed by atoms with Crippen LogP contribution in [0.1, 0.15) is 28.5 Å². The first-order valence-electron chi connectivity index (χ1n) is 9.48. The van der Waals surface area contributed by atoms with E-state index in [1.54, 1.807) is 41.7 Å². The highest BCUT2D eigenvalue weighted by Gasteiger charge is 2.32. The van der Waals surface area contributed by atoms with E-state index in [0.717, 1.165) is 16.5 Å². The molecule has 1 aromatic heterocycles. The number of nitrogens with two attached hydrogens (primary N) is 1. The number of aliphatic imine (C=N–C) groups is 1. The molecule has 0 unspecified atom stereocenters. The molecule has 7 heteroatoms. The largest absolute Gasteiger partial charge is 0.416 e. The lowest BCUT2D eigenvalue weighted by Crippen LogP contribution is -2.24. The summed E-state index contributed by atoms with van der Waals surface area (Å²) < 4.78 is 40.0. The third-order valence-electron chi connectivity index (χ3n) is 4.53. The predicted octanol–water partition coefficient (Wildman–Crippen LogP) is 6.50. The van der Waals surface area contributed by atoms with Crippen LogP contribution < -0.4 is 11.1 Å². The first-order chi connectivity index (χ1) is 14.8. The molecule has 3 aromatic rings. The number of alkyl halides is 3. The zero-order valence-corrected chi connectivity index (χ0v) is 17.7. The minimum atomic E-state index is -4.45. The number of hydrogen-bond donors (Lipinski definition) is 2. The molecule has 31 heavy (non-hydrogen) atoms. The van der Waals surface area contributed by atoms with Crippen LogP contribution in [0.15, 0.2) is 89.4 Å². The van der Waals surface area contributed by atoms with Gasteiger partial charge < -0.3 is 11.1 Å². The number of hydrogen-bond acceptors (Lipinski definition) is 3. The van der Waals surface area contributed by atoms with E-state index >= 15 is 0 Å². The summed E-state index contributed by atoms with van der Waals surface area (Å²) in [5.74, 6) is 0.357. The molecule has 3 N–H and O–H groups in total. The van der Waals surface area contributed by atoms with E-state index in [-0.39, 0.29) is 12.1 Å². The molecular formula is C24H22F3N3S. The summed E-state index contributed by atoms with van der Waals surface area (Å²) in [6.45, 7) is 5.83. The molecule has 3 rings (SSSR count). The van der Waals surface area contributed by atoms with Crippen LogP contribution in [0.2, 0.25) is 0 Å². The summed E-state index contributed by atoms with van der Waals surface area (Å²) in [7, 11) is 0. The molecule has 0 saturated heterocycles. The average Bonchev–Trinajstić information content (AvgIpc) is 3.26. The second-order valence-electron chi connectivity index (χ2n) is 6.86. The van der Waals surface area contributed by atoms with Gasteiger partial charge in [0.2, 0.25) is 0 Å². The van der Waals surface area contributed by atoms with Crippen LogP contribution in [-0.4, -0.2) is 5.84 Å². The van der Waals surface area contributed by atoms with Crippen LogP contribution in [-0.2, 0) is 12.7 Å². The molecule has 0 spiro atoms. The van der Waals surface area contributed by atoms with Crippen molar-refractivity contribution in [1.29, 1.82) is 0 Å². The molecule has 1 heterocycles. The Labute approximate surface area is 183 Å². The number of nitrogens with one attached hydrogen (secondary N) is 1. The van der Waals surface area contributed by atoms with Gasteiger partial charge in [0.1, 0.15) is 5.84 Å². The van der Waals surface area contributed by atoms with Crippen molar-refractivity contribution in [2.75, 3.05) is 5.73 Å². The van der Waals surface area contributed by atoms with Crippen LogP contribution in [0, 0.1) is 0 Å². The Morgan fingerprint density at radius 3 is 2.48 bits per heavy atom. The van der Waals surface area contributed by atoms with Gasteiger partial charge >= 0.3 is 6.18 Å². The number of nitrogen functional groups attached to an aromatic ring is 1. The Bertz CT molecular complexity index is 1110. The first kappa shape index (κ1) is 22.4. The average molecular weight is 442 g/mol. The Balaban J connectivity index is 1.92. The van der Waals surface area contributed by atoms with E-state index in [1.165, 1.54) is 12.1 Å². The lowest BCUT2D eigenvalue weighted by atomic mass is 10.1. The van der Waals surface area contributed by atoms with Gasteiger partial charge in [-0.25, -0.2) is 0 Å². The van der Waals surface area contributed by atoms with Gasteiger partial charge in [-0.3, -0.25) is 4.99 Å². The molecule has 3 nitrogen and oxygen atoms in total. The summed E-state index contributed by atoms with van der Waals surface area (Å²) >= 11 is 1.61. The first-order valence-corrected chi connectivity index (χ1v) is 10.4. The van der Waals surface area contributed by atoms with Gasteiger partial charge in [-0.2, -0.15) is 13.2 Å². The fraction of sp³-hybridized carbons (Fsp3) is 0.125. The van der Waals surface area contributed by atoms with Crippen LogP contribution in [0.4, 0.5) is 18.9 Å². The number of amidine groups is 1. The number of rotatable bonds is 6. The van der Waals surface area contributed by atoms with Gasteiger partial charge in [0.05, 0.1) is 12.1 Å². The van der Waals surface area contributed by atoms with Crippen molar-refractivity contribution in [1.82, 2.24) is 5.32 Å². The van der Waals surface area contributed by atoms with Crippen molar-refractivity contribution in [2.45, 2.75) is 19.6 Å². The Kier molecular flexibility index (Phi) is 6.97. The number of para-hydroxylation sites is 1. The van der Waals surface area contributed by atoms with E-state index in [0.29, 0.717) is 22.8 Å². The third-order valence-corrected chi connectivity index (χ3v) is 5.53. The Hall–Kier alpha value is -3.32. The quantitative estimate of drug-likeness (QED) is 0.198. The summed E-state index contributed by atoms with van der Waals surface area (Å²) in [5.41, 5.74) is 8.10. The van der Waals surface area contributed by atoms with Gasteiger partial charge in [-0.05, 0) is 53.8 Å². The number of halogens is 3. The molecule has 0 aliphatic carbocycles. The molecule has 0 amide bonds. The fourth-order valence-corrected chi connectivity index (χ4v) is 3.73. The maximum Gasteiger partial charge on any atom is 0.416 e. The smallest absolute Gasteiger partial charge is 0.398 e. The van der Waals surface area contributed by atoms with E-state index in [9.17, 15) is 13.2 Å². The van der Waals surface area contributed by atoms with Crippen molar-refractivity contribution >= 4 is 28.4 Å². The second kappa shape index (κ2) is 9.66. The summed E-state index contributed by atoms with van der Waals surface area (Å²) in [5, 5.41) is 5.10. The number of nitrogens with zero attached hydrogens (tertiary/aromatic N) is 1. The highest BCUT2D eigenvalue weighted by Crippen LogP contribution is 2.32. The van der Waals surface area contributed by atoms with Crippen molar-refractivity contribution < 1.29 is 13.2 Å². The third kappa shape index (κ3) is 5.86. The normalized spacial score (nSPS) is 12.6. The fourth-order valence-electron chi connectivity index (χ4n) is 3.03. The molecule has 0 saturated carbocycles. The Morgan fingerprint density at radius 2 is 1.81 bits per heavy atom. The van der Waals surface area contributed by atoms with Gasteiger partial charge in [-0.1, -0.05) is 43.0 Å². The van der Waals surface area contributed by atoms with E-state index in [1.807, 2.05) is 30.5 Å². The topological polar surface area (TPSA) is 50.4 Å². The van der Waals surface area contributed by atoms with Gasteiger partial charge in [0.15, 0.2) is 0 Å². The number of benzene rings is 2. The Morgan fingerprint density at radius 1 is 1.10 bits per heavy atom. The zero-order valence-electron chi connectivity index (χ0n) is 16.9. The van der Waals surface area contributed by atoms with Gasteiger partial charge in [-0.15, -0.1) is 11.3 Å². The lowest BCUT2D eigenvalue weighted by Gasteiger charge is -2.15. The predicted molar refractivity (Wildman–Crippen MR) is 123 cm³/mol. The minimum absolute atomic E-state index is 0.0831.